The van der Waals surface area contributed by atoms with Crippen LogP contribution in [0, 0.1) is 6.92 Å². The molecular weight excluding hydrogens is 396 g/mol. The molecule has 30 heavy (non-hydrogen) atoms. The minimum Gasteiger partial charge on any atom is -0.354 e. The van der Waals surface area contributed by atoms with Crippen LogP contribution < -0.4 is 5.32 Å². The fraction of sp³-hybridized carbons (Fsp3) is 0.440. The fourth-order valence-electron chi connectivity index (χ4n) is 3.40. The third-order valence-corrected chi connectivity index (χ3v) is 5.62. The minimum absolute atomic E-state index is 0.0343. The number of carbonyl (C=O) groups excluding carboxylic acids is 2. The summed E-state index contributed by atoms with van der Waals surface area (Å²) in [5.74, 6) is -0.114. The molecule has 0 aliphatic heterocycles. The number of hydrogen-bond acceptors (Lipinski definition) is 2. The number of nitrogens with zero attached hydrogens (tertiary/aromatic N) is 1. The maximum atomic E-state index is 13.2. The van der Waals surface area contributed by atoms with Gasteiger partial charge in [-0.05, 0) is 43.4 Å². The van der Waals surface area contributed by atoms with Crippen molar-refractivity contribution >= 4 is 23.4 Å². The molecule has 4 nitrogen and oxygen atoms in total. The maximum Gasteiger partial charge on any atom is 0.242 e. The first-order valence-electron chi connectivity index (χ1n) is 10.8. The Bertz CT molecular complexity index is 820. The average molecular weight is 429 g/mol. The van der Waals surface area contributed by atoms with E-state index in [-0.39, 0.29) is 11.8 Å². The molecule has 0 aliphatic carbocycles. The summed E-state index contributed by atoms with van der Waals surface area (Å²) in [5, 5.41) is 3.66. The van der Waals surface area contributed by atoms with E-state index < -0.39 is 6.04 Å². The van der Waals surface area contributed by atoms with Crippen LogP contribution in [-0.4, -0.2) is 29.3 Å². The summed E-state index contributed by atoms with van der Waals surface area (Å²) >= 11 is 6.25. The van der Waals surface area contributed by atoms with Gasteiger partial charge in [-0.1, -0.05) is 79.9 Å². The summed E-state index contributed by atoms with van der Waals surface area (Å²) in [6.07, 6.45) is 3.38. The Hall–Kier alpha value is -2.33. The first-order valence-corrected chi connectivity index (χ1v) is 11.2. The summed E-state index contributed by atoms with van der Waals surface area (Å²) < 4.78 is 0. The molecular formula is C25H33ClN2O2. The van der Waals surface area contributed by atoms with E-state index in [1.54, 1.807) is 4.90 Å². The molecule has 0 unspecified atom stereocenters. The molecule has 0 radical (unpaired) electrons. The van der Waals surface area contributed by atoms with Crippen molar-refractivity contribution in [3.63, 3.8) is 0 Å². The van der Waals surface area contributed by atoms with Crippen molar-refractivity contribution in [2.24, 2.45) is 0 Å². The first kappa shape index (κ1) is 23.9. The summed E-state index contributed by atoms with van der Waals surface area (Å²) in [4.78, 5) is 27.8. The Morgan fingerprint density at radius 1 is 1.07 bits per heavy atom. The highest BCUT2D eigenvalue weighted by Crippen LogP contribution is 2.19. The first-order chi connectivity index (χ1) is 14.5. The number of carbonyl (C=O) groups is 2. The zero-order valence-corrected chi connectivity index (χ0v) is 19.0. The van der Waals surface area contributed by atoms with Crippen molar-refractivity contribution in [2.45, 2.75) is 65.5 Å². The maximum absolute atomic E-state index is 13.2. The van der Waals surface area contributed by atoms with Crippen LogP contribution in [0.2, 0.25) is 5.02 Å². The normalized spacial score (nSPS) is 11.7. The Balaban J connectivity index is 2.17. The molecule has 2 aromatic rings. The third-order valence-electron chi connectivity index (χ3n) is 5.26. The molecule has 1 N–H and O–H groups in total. The standard InChI is InChI=1S/C25H33ClN2O2/c1-4-6-17-27-25(30)23(5-2)28(18-20-13-11-19(3)12-14-20)24(29)16-15-21-9-7-8-10-22(21)26/h7-14,23H,4-6,15-18H2,1-3H3,(H,27,30)/t23-/m1/s1. The van der Waals surface area contributed by atoms with Gasteiger partial charge in [-0.25, -0.2) is 0 Å². The molecule has 0 spiro atoms. The van der Waals surface area contributed by atoms with Gasteiger partial charge in [-0.2, -0.15) is 0 Å². The highest BCUT2D eigenvalue weighted by Gasteiger charge is 2.28. The Morgan fingerprint density at radius 2 is 1.77 bits per heavy atom. The highest BCUT2D eigenvalue weighted by molar-refractivity contribution is 6.31. The van der Waals surface area contributed by atoms with Crippen LogP contribution in [0.3, 0.4) is 0 Å². The Labute approximate surface area is 185 Å². The van der Waals surface area contributed by atoms with Crippen LogP contribution in [-0.2, 0) is 22.6 Å². The van der Waals surface area contributed by atoms with Gasteiger partial charge >= 0.3 is 0 Å². The Kier molecular flexibility index (Phi) is 9.88. The van der Waals surface area contributed by atoms with Gasteiger partial charge in [0.2, 0.25) is 11.8 Å². The quantitative estimate of drug-likeness (QED) is 0.493. The van der Waals surface area contributed by atoms with Crippen LogP contribution in [0.15, 0.2) is 48.5 Å². The second kappa shape index (κ2) is 12.4. The monoisotopic (exact) mass is 428 g/mol. The SMILES string of the molecule is CCCCNC(=O)[C@@H](CC)N(Cc1ccc(C)cc1)C(=O)CCc1ccccc1Cl. The number of amides is 2. The number of aryl methyl sites for hydroxylation is 2. The summed E-state index contributed by atoms with van der Waals surface area (Å²) in [6, 6.07) is 15.2. The molecule has 0 fully saturated rings. The van der Waals surface area contributed by atoms with Gasteiger partial charge in [0.05, 0.1) is 0 Å². The van der Waals surface area contributed by atoms with Gasteiger partial charge in [-0.15, -0.1) is 0 Å². The summed E-state index contributed by atoms with van der Waals surface area (Å²) in [7, 11) is 0. The molecule has 0 saturated heterocycles. The van der Waals surface area contributed by atoms with Crippen molar-refractivity contribution in [3.8, 4) is 0 Å². The number of hydrogen-bond donors (Lipinski definition) is 1. The lowest BCUT2D eigenvalue weighted by Crippen LogP contribution is -2.49. The van der Waals surface area contributed by atoms with E-state index in [1.807, 2.05) is 62.4 Å². The van der Waals surface area contributed by atoms with Gasteiger partial charge in [0, 0.05) is 24.5 Å². The van der Waals surface area contributed by atoms with E-state index in [0.717, 1.165) is 24.0 Å². The topological polar surface area (TPSA) is 49.4 Å². The molecule has 0 heterocycles. The molecule has 2 rings (SSSR count). The Morgan fingerprint density at radius 3 is 2.40 bits per heavy atom. The molecule has 5 heteroatoms. The van der Waals surface area contributed by atoms with Crippen molar-refractivity contribution in [2.75, 3.05) is 6.54 Å². The van der Waals surface area contributed by atoms with Gasteiger partial charge in [-0.3, -0.25) is 9.59 Å². The summed E-state index contributed by atoms with van der Waals surface area (Å²) in [5.41, 5.74) is 3.13. The van der Waals surface area contributed by atoms with Gasteiger partial charge in [0.25, 0.3) is 0 Å². The van der Waals surface area contributed by atoms with Crippen LogP contribution in [0.1, 0.15) is 56.2 Å². The number of nitrogens with one attached hydrogen (secondary N) is 1. The van der Waals surface area contributed by atoms with E-state index in [0.29, 0.717) is 37.4 Å². The lowest BCUT2D eigenvalue weighted by Gasteiger charge is -2.31. The molecule has 2 amide bonds. The third kappa shape index (κ3) is 7.17. The van der Waals surface area contributed by atoms with E-state index in [1.165, 1.54) is 5.56 Å². The predicted molar refractivity (Wildman–Crippen MR) is 123 cm³/mol. The lowest BCUT2D eigenvalue weighted by atomic mass is 10.1. The second-order valence-corrected chi connectivity index (χ2v) is 8.07. The zero-order valence-electron chi connectivity index (χ0n) is 18.3. The molecule has 1 atom stereocenters. The zero-order chi connectivity index (χ0) is 21.9. The van der Waals surface area contributed by atoms with E-state index in [9.17, 15) is 9.59 Å². The minimum atomic E-state index is -0.484. The largest absolute Gasteiger partial charge is 0.354 e. The van der Waals surface area contributed by atoms with Crippen molar-refractivity contribution in [1.29, 1.82) is 0 Å². The van der Waals surface area contributed by atoms with E-state index in [4.69, 9.17) is 11.6 Å². The lowest BCUT2D eigenvalue weighted by molar-refractivity contribution is -0.141. The number of benzene rings is 2. The molecule has 0 saturated carbocycles. The van der Waals surface area contributed by atoms with E-state index in [2.05, 4.69) is 12.2 Å². The van der Waals surface area contributed by atoms with Crippen molar-refractivity contribution < 1.29 is 9.59 Å². The predicted octanol–water partition coefficient (Wildman–Crippen LogP) is 5.30. The number of rotatable bonds is 11. The smallest absolute Gasteiger partial charge is 0.242 e. The van der Waals surface area contributed by atoms with Crippen molar-refractivity contribution in [1.82, 2.24) is 10.2 Å². The molecule has 2 aromatic carbocycles. The molecule has 0 aliphatic rings. The van der Waals surface area contributed by atoms with E-state index >= 15 is 0 Å². The highest BCUT2D eigenvalue weighted by atomic mass is 35.5. The fourth-order valence-corrected chi connectivity index (χ4v) is 3.63. The number of halogens is 1. The second-order valence-electron chi connectivity index (χ2n) is 7.67. The van der Waals surface area contributed by atoms with Gasteiger partial charge in [0.15, 0.2) is 0 Å². The summed E-state index contributed by atoms with van der Waals surface area (Å²) in [6.45, 7) is 7.13. The van der Waals surface area contributed by atoms with Gasteiger partial charge < -0.3 is 10.2 Å². The number of unbranched alkanes of at least 4 members (excludes halogenated alkanes) is 1. The molecule has 0 aromatic heterocycles. The molecule has 0 bridgehead atoms. The molecule has 162 valence electrons. The average Bonchev–Trinajstić information content (AvgIpc) is 2.74. The van der Waals surface area contributed by atoms with Gasteiger partial charge in [0.1, 0.15) is 6.04 Å². The van der Waals surface area contributed by atoms with Crippen LogP contribution in [0.25, 0.3) is 0 Å². The van der Waals surface area contributed by atoms with Crippen molar-refractivity contribution in [3.05, 3.63) is 70.2 Å². The van der Waals surface area contributed by atoms with Crippen LogP contribution in [0.4, 0.5) is 0 Å². The van der Waals surface area contributed by atoms with Crippen LogP contribution in [0.5, 0.6) is 0 Å². The van der Waals surface area contributed by atoms with Crippen LogP contribution >= 0.6 is 11.6 Å².